The van der Waals surface area contributed by atoms with Crippen molar-refractivity contribution in [3.63, 3.8) is 0 Å². The summed E-state index contributed by atoms with van der Waals surface area (Å²) >= 11 is 0. The van der Waals surface area contributed by atoms with Gasteiger partial charge in [0.05, 0.1) is 5.75 Å². The number of hydrogen-bond acceptors (Lipinski definition) is 4. The predicted molar refractivity (Wildman–Crippen MR) is 71.0 cm³/mol. The molecule has 0 radical (unpaired) electrons. The third-order valence-electron chi connectivity index (χ3n) is 3.07. The second-order valence-electron chi connectivity index (χ2n) is 4.45. The monoisotopic (exact) mass is 267 g/mol. The van der Waals surface area contributed by atoms with E-state index in [0.717, 1.165) is 12.0 Å². The van der Waals surface area contributed by atoms with Crippen LogP contribution in [0.5, 0.6) is 5.75 Å². The molecule has 0 saturated carbocycles. The van der Waals surface area contributed by atoms with Gasteiger partial charge in [0.2, 0.25) is 0 Å². The Bertz CT molecular complexity index is 551. The molecule has 2 unspecified atom stereocenters. The lowest BCUT2D eigenvalue weighted by Crippen LogP contribution is -2.33. The number of phenols is 1. The van der Waals surface area contributed by atoms with Crippen LogP contribution in [-0.2, 0) is 9.84 Å². The second kappa shape index (κ2) is 5.12. The van der Waals surface area contributed by atoms with E-state index in [0.29, 0.717) is 0 Å². The van der Waals surface area contributed by atoms with Crippen LogP contribution < -0.4 is 5.32 Å². The Morgan fingerprint density at radius 1 is 1.44 bits per heavy atom. The van der Waals surface area contributed by atoms with Crippen LogP contribution in [0.25, 0.3) is 0 Å². The molecule has 1 heterocycles. The zero-order valence-corrected chi connectivity index (χ0v) is 11.0. The van der Waals surface area contributed by atoms with Crippen LogP contribution in [0.15, 0.2) is 35.7 Å². The summed E-state index contributed by atoms with van der Waals surface area (Å²) in [6, 6.07) is 6.89. The summed E-state index contributed by atoms with van der Waals surface area (Å²) in [5.41, 5.74) is 0.803. The van der Waals surface area contributed by atoms with Crippen LogP contribution in [0.4, 0.5) is 0 Å². The molecule has 0 amide bonds. The minimum absolute atomic E-state index is 0.0471. The molecular formula is C13H17NO3S. The van der Waals surface area contributed by atoms with Crippen molar-refractivity contribution in [1.29, 1.82) is 0 Å². The molecule has 1 aliphatic rings. The highest BCUT2D eigenvalue weighted by atomic mass is 32.2. The Kier molecular flexibility index (Phi) is 3.73. The molecule has 0 aromatic heterocycles. The number of hydrogen-bond donors (Lipinski definition) is 2. The van der Waals surface area contributed by atoms with Crippen LogP contribution in [0.2, 0.25) is 0 Å². The largest absolute Gasteiger partial charge is 0.508 e. The third kappa shape index (κ3) is 2.91. The van der Waals surface area contributed by atoms with Crippen LogP contribution in [0, 0.1) is 0 Å². The molecule has 0 fully saturated rings. The van der Waals surface area contributed by atoms with Crippen molar-refractivity contribution in [1.82, 2.24) is 5.32 Å². The Morgan fingerprint density at radius 2 is 2.17 bits per heavy atom. The SMILES string of the molecule is CCC(NC1C=CS(=O)(=O)C1)c1ccccc1O. The van der Waals surface area contributed by atoms with Crippen molar-refractivity contribution in [3.8, 4) is 5.75 Å². The number of benzene rings is 1. The normalized spacial score (nSPS) is 23.1. The fraction of sp³-hybridized carbons (Fsp3) is 0.385. The Morgan fingerprint density at radius 3 is 2.72 bits per heavy atom. The average molecular weight is 267 g/mol. The van der Waals surface area contributed by atoms with E-state index in [1.54, 1.807) is 18.2 Å². The van der Waals surface area contributed by atoms with E-state index in [1.807, 2.05) is 19.1 Å². The molecule has 2 N–H and O–H groups in total. The molecule has 1 aromatic rings. The van der Waals surface area contributed by atoms with Crippen molar-refractivity contribution in [2.24, 2.45) is 0 Å². The summed E-state index contributed by atoms with van der Waals surface area (Å²) in [4.78, 5) is 0. The average Bonchev–Trinajstić information content (AvgIpc) is 2.67. The lowest BCUT2D eigenvalue weighted by molar-refractivity contribution is 0.434. The smallest absolute Gasteiger partial charge is 0.173 e. The van der Waals surface area contributed by atoms with E-state index in [4.69, 9.17) is 0 Å². The molecule has 2 atom stereocenters. The zero-order valence-electron chi connectivity index (χ0n) is 10.2. The van der Waals surface area contributed by atoms with Gasteiger partial charge < -0.3 is 10.4 Å². The summed E-state index contributed by atoms with van der Waals surface area (Å²) in [5.74, 6) is 0.332. The van der Waals surface area contributed by atoms with Crippen molar-refractivity contribution < 1.29 is 13.5 Å². The molecule has 2 rings (SSSR count). The molecular weight excluding hydrogens is 250 g/mol. The van der Waals surface area contributed by atoms with E-state index in [-0.39, 0.29) is 23.6 Å². The van der Waals surface area contributed by atoms with Gasteiger partial charge >= 0.3 is 0 Å². The summed E-state index contributed by atoms with van der Waals surface area (Å²) in [7, 11) is -3.05. The number of nitrogens with one attached hydrogen (secondary N) is 1. The number of sulfone groups is 1. The van der Waals surface area contributed by atoms with E-state index in [2.05, 4.69) is 5.32 Å². The van der Waals surface area contributed by atoms with E-state index >= 15 is 0 Å². The molecule has 0 spiro atoms. The van der Waals surface area contributed by atoms with Gasteiger partial charge in [-0.25, -0.2) is 8.42 Å². The Balaban J connectivity index is 2.12. The van der Waals surface area contributed by atoms with Crippen molar-refractivity contribution in [2.45, 2.75) is 25.4 Å². The van der Waals surface area contributed by atoms with E-state index in [9.17, 15) is 13.5 Å². The Hall–Kier alpha value is -1.33. The molecule has 1 aromatic carbocycles. The van der Waals surface area contributed by atoms with E-state index < -0.39 is 9.84 Å². The van der Waals surface area contributed by atoms with E-state index in [1.165, 1.54) is 5.41 Å². The van der Waals surface area contributed by atoms with Gasteiger partial charge in [0.15, 0.2) is 9.84 Å². The standard InChI is InChI=1S/C13H17NO3S/c1-2-12(11-5-3-4-6-13(11)15)14-10-7-8-18(16,17)9-10/h3-8,10,12,14-15H,2,9H2,1H3. The maximum atomic E-state index is 11.3. The number of phenolic OH excluding ortho intramolecular Hbond substituents is 1. The molecule has 0 bridgehead atoms. The molecule has 1 aliphatic heterocycles. The maximum absolute atomic E-state index is 11.3. The second-order valence-corrected chi connectivity index (χ2v) is 6.38. The molecule has 0 aliphatic carbocycles. The highest BCUT2D eigenvalue weighted by molar-refractivity contribution is 7.94. The first kappa shape index (κ1) is 13.1. The summed E-state index contributed by atoms with van der Waals surface area (Å²) in [6.07, 6.45) is 2.44. The molecule has 0 saturated heterocycles. The lowest BCUT2D eigenvalue weighted by Gasteiger charge is -2.21. The summed E-state index contributed by atoms with van der Waals surface area (Å²) < 4.78 is 22.7. The summed E-state index contributed by atoms with van der Waals surface area (Å²) in [5, 5.41) is 14.3. The first-order chi connectivity index (χ1) is 8.52. The molecule has 98 valence electrons. The number of aromatic hydroxyl groups is 1. The van der Waals surface area contributed by atoms with Gasteiger partial charge in [0.25, 0.3) is 0 Å². The fourth-order valence-corrected chi connectivity index (χ4v) is 3.40. The van der Waals surface area contributed by atoms with Crippen LogP contribution in [-0.4, -0.2) is 25.3 Å². The van der Waals surface area contributed by atoms with Crippen LogP contribution in [0.1, 0.15) is 24.9 Å². The number of rotatable bonds is 4. The first-order valence-corrected chi connectivity index (χ1v) is 7.68. The zero-order chi connectivity index (χ0) is 13.2. The van der Waals surface area contributed by atoms with Gasteiger partial charge in [-0.05, 0) is 12.5 Å². The van der Waals surface area contributed by atoms with Gasteiger partial charge in [0, 0.05) is 23.1 Å². The molecule has 5 heteroatoms. The minimum atomic E-state index is -3.05. The van der Waals surface area contributed by atoms with Gasteiger partial charge in [-0.1, -0.05) is 31.2 Å². The number of para-hydroxylation sites is 1. The Labute approximate surface area is 107 Å². The van der Waals surface area contributed by atoms with Crippen LogP contribution >= 0.6 is 0 Å². The highest BCUT2D eigenvalue weighted by Gasteiger charge is 2.24. The fourth-order valence-electron chi connectivity index (χ4n) is 2.15. The van der Waals surface area contributed by atoms with Gasteiger partial charge in [0.1, 0.15) is 5.75 Å². The lowest BCUT2D eigenvalue weighted by atomic mass is 10.0. The van der Waals surface area contributed by atoms with Crippen molar-refractivity contribution in [2.75, 3.05) is 5.75 Å². The topological polar surface area (TPSA) is 66.4 Å². The predicted octanol–water partition coefficient (Wildman–Crippen LogP) is 1.74. The third-order valence-corrected chi connectivity index (χ3v) is 4.46. The summed E-state index contributed by atoms with van der Waals surface area (Å²) in [6.45, 7) is 2.00. The van der Waals surface area contributed by atoms with Crippen molar-refractivity contribution >= 4 is 9.84 Å². The first-order valence-electron chi connectivity index (χ1n) is 5.96. The van der Waals surface area contributed by atoms with Gasteiger partial charge in [-0.3, -0.25) is 0 Å². The van der Waals surface area contributed by atoms with Gasteiger partial charge in [-0.15, -0.1) is 0 Å². The minimum Gasteiger partial charge on any atom is -0.508 e. The molecule has 18 heavy (non-hydrogen) atoms. The quantitative estimate of drug-likeness (QED) is 0.872. The highest BCUT2D eigenvalue weighted by Crippen LogP contribution is 2.27. The van der Waals surface area contributed by atoms with Gasteiger partial charge in [-0.2, -0.15) is 0 Å². The maximum Gasteiger partial charge on any atom is 0.173 e. The van der Waals surface area contributed by atoms with Crippen molar-refractivity contribution in [3.05, 3.63) is 41.3 Å². The molecule has 4 nitrogen and oxygen atoms in total. The van der Waals surface area contributed by atoms with Crippen LogP contribution in [0.3, 0.4) is 0 Å².